The quantitative estimate of drug-likeness (QED) is 0.912. The first kappa shape index (κ1) is 12.8. The predicted molar refractivity (Wildman–Crippen MR) is 78.0 cm³/mol. The minimum absolute atomic E-state index is 0.135. The summed E-state index contributed by atoms with van der Waals surface area (Å²) < 4.78 is 6.36. The van der Waals surface area contributed by atoms with Gasteiger partial charge in [-0.25, -0.2) is 4.98 Å². The Labute approximate surface area is 120 Å². The summed E-state index contributed by atoms with van der Waals surface area (Å²) in [4.78, 5) is 8.13. The molecular weight excluding hydrogens is 306 g/mol. The molecule has 3 rings (SSSR count). The highest BCUT2D eigenvalue weighted by molar-refractivity contribution is 9.10. The van der Waals surface area contributed by atoms with Crippen LogP contribution in [0.4, 0.5) is 0 Å². The van der Waals surface area contributed by atoms with Crippen LogP contribution < -0.4 is 5.73 Å². The zero-order valence-electron chi connectivity index (χ0n) is 10.7. The molecule has 1 fully saturated rings. The molecule has 0 aliphatic carbocycles. The summed E-state index contributed by atoms with van der Waals surface area (Å²) >= 11 is 3.57. The molecule has 3 N–H and O–H groups in total. The number of hydrogen-bond acceptors (Lipinski definition) is 3. The van der Waals surface area contributed by atoms with E-state index in [0.29, 0.717) is 19.8 Å². The molecule has 1 saturated heterocycles. The number of nitrogens with two attached hydrogens (primary N) is 1. The number of halogens is 1. The maximum absolute atomic E-state index is 5.88. The van der Waals surface area contributed by atoms with Crippen molar-refractivity contribution >= 4 is 15.9 Å². The molecule has 19 heavy (non-hydrogen) atoms. The van der Waals surface area contributed by atoms with Gasteiger partial charge in [0.2, 0.25) is 0 Å². The van der Waals surface area contributed by atoms with Crippen LogP contribution >= 0.6 is 15.9 Å². The summed E-state index contributed by atoms with van der Waals surface area (Å²) in [7, 11) is 0. The minimum atomic E-state index is -0.135. The lowest BCUT2D eigenvalue weighted by molar-refractivity contribution is -0.0590. The van der Waals surface area contributed by atoms with E-state index in [0.717, 1.165) is 27.2 Å². The van der Waals surface area contributed by atoms with E-state index in [1.165, 1.54) is 0 Å². The summed E-state index contributed by atoms with van der Waals surface area (Å²) in [5.74, 6) is 0.935. The largest absolute Gasteiger partial charge is 0.379 e. The SMILES string of the molecule is Cc1[nH]c(C2(CN)COC2)nc1-c1ccccc1Br. The number of rotatable bonds is 3. The Morgan fingerprint density at radius 3 is 2.74 bits per heavy atom. The van der Waals surface area contributed by atoms with E-state index < -0.39 is 0 Å². The lowest BCUT2D eigenvalue weighted by Gasteiger charge is -2.38. The fraction of sp³-hybridized carbons (Fsp3) is 0.357. The summed E-state index contributed by atoms with van der Waals surface area (Å²) in [6.07, 6.45) is 0. The predicted octanol–water partition coefficient (Wildman–Crippen LogP) is 2.37. The van der Waals surface area contributed by atoms with Crippen LogP contribution in [0.2, 0.25) is 0 Å². The van der Waals surface area contributed by atoms with Crippen molar-refractivity contribution in [2.45, 2.75) is 12.3 Å². The van der Waals surface area contributed by atoms with Gasteiger partial charge in [0.1, 0.15) is 5.82 Å². The summed E-state index contributed by atoms with van der Waals surface area (Å²) in [5, 5.41) is 0. The molecule has 2 aromatic rings. The molecule has 1 aromatic carbocycles. The standard InChI is InChI=1S/C14H16BrN3O/c1-9-12(10-4-2-3-5-11(10)15)18-13(17-9)14(6-16)7-19-8-14/h2-5H,6-8,16H2,1H3,(H,17,18). The molecule has 0 atom stereocenters. The van der Waals surface area contributed by atoms with Crippen LogP contribution in [0.1, 0.15) is 11.5 Å². The van der Waals surface area contributed by atoms with Crippen LogP contribution in [0, 0.1) is 6.92 Å². The number of H-pyrrole nitrogens is 1. The topological polar surface area (TPSA) is 63.9 Å². The van der Waals surface area contributed by atoms with Crippen LogP contribution in [0.25, 0.3) is 11.3 Å². The number of aryl methyl sites for hydroxylation is 1. The zero-order chi connectivity index (χ0) is 13.5. The molecule has 0 radical (unpaired) electrons. The van der Waals surface area contributed by atoms with Gasteiger partial charge in [0, 0.05) is 22.3 Å². The van der Waals surface area contributed by atoms with E-state index >= 15 is 0 Å². The number of nitrogens with one attached hydrogen (secondary N) is 1. The van der Waals surface area contributed by atoms with Gasteiger partial charge in [0.15, 0.2) is 0 Å². The number of ether oxygens (including phenoxy) is 1. The number of nitrogens with zero attached hydrogens (tertiary/aromatic N) is 1. The van der Waals surface area contributed by atoms with Crippen LogP contribution in [0.5, 0.6) is 0 Å². The third-order valence-corrected chi connectivity index (χ3v) is 4.35. The summed E-state index contributed by atoms with van der Waals surface area (Å²) in [6.45, 7) is 3.88. The average molecular weight is 322 g/mol. The second kappa shape index (κ2) is 4.74. The zero-order valence-corrected chi connectivity index (χ0v) is 12.3. The first-order chi connectivity index (χ1) is 9.16. The molecule has 0 amide bonds. The molecule has 0 bridgehead atoms. The molecule has 2 heterocycles. The Hall–Kier alpha value is -1.17. The lowest BCUT2D eigenvalue weighted by atomic mass is 9.85. The van der Waals surface area contributed by atoms with Crippen molar-refractivity contribution in [3.05, 3.63) is 40.3 Å². The number of aromatic amines is 1. The summed E-state index contributed by atoms with van der Waals surface area (Å²) in [5.41, 5.74) is 8.87. The van der Waals surface area contributed by atoms with Crippen molar-refractivity contribution < 1.29 is 4.74 Å². The fourth-order valence-corrected chi connectivity index (χ4v) is 2.80. The Kier molecular flexibility index (Phi) is 3.20. The molecule has 0 unspecified atom stereocenters. The molecule has 1 aromatic heterocycles. The Morgan fingerprint density at radius 2 is 2.16 bits per heavy atom. The van der Waals surface area contributed by atoms with Gasteiger partial charge in [-0.05, 0) is 13.0 Å². The van der Waals surface area contributed by atoms with Gasteiger partial charge in [-0.3, -0.25) is 0 Å². The molecule has 1 aliphatic heterocycles. The van der Waals surface area contributed by atoms with E-state index in [4.69, 9.17) is 15.5 Å². The van der Waals surface area contributed by atoms with E-state index in [1.807, 2.05) is 25.1 Å². The maximum Gasteiger partial charge on any atom is 0.119 e. The maximum atomic E-state index is 5.88. The molecule has 0 saturated carbocycles. The van der Waals surface area contributed by atoms with Gasteiger partial charge in [-0.1, -0.05) is 34.1 Å². The Balaban J connectivity index is 2.05. The third-order valence-electron chi connectivity index (χ3n) is 3.66. The average Bonchev–Trinajstić information content (AvgIpc) is 2.72. The molecule has 4 nitrogen and oxygen atoms in total. The van der Waals surface area contributed by atoms with Gasteiger partial charge >= 0.3 is 0 Å². The van der Waals surface area contributed by atoms with Gasteiger partial charge in [-0.15, -0.1) is 0 Å². The van der Waals surface area contributed by atoms with Crippen molar-refractivity contribution in [1.82, 2.24) is 9.97 Å². The molecule has 5 heteroatoms. The molecular formula is C14H16BrN3O. The minimum Gasteiger partial charge on any atom is -0.379 e. The highest BCUT2D eigenvalue weighted by atomic mass is 79.9. The number of imidazole rings is 1. The summed E-state index contributed by atoms with van der Waals surface area (Å²) in [6, 6.07) is 8.09. The second-order valence-electron chi connectivity index (χ2n) is 5.02. The van der Waals surface area contributed by atoms with Gasteiger partial charge < -0.3 is 15.5 Å². The highest BCUT2D eigenvalue weighted by Gasteiger charge is 2.42. The van der Waals surface area contributed by atoms with E-state index in [-0.39, 0.29) is 5.41 Å². The number of benzene rings is 1. The Bertz CT molecular complexity index is 599. The number of aromatic nitrogens is 2. The monoisotopic (exact) mass is 321 g/mol. The first-order valence-corrected chi connectivity index (χ1v) is 7.05. The normalized spacial score (nSPS) is 17.2. The molecule has 1 aliphatic rings. The van der Waals surface area contributed by atoms with E-state index in [9.17, 15) is 0 Å². The fourth-order valence-electron chi connectivity index (χ4n) is 2.33. The van der Waals surface area contributed by atoms with Crippen molar-refractivity contribution in [1.29, 1.82) is 0 Å². The van der Waals surface area contributed by atoms with Crippen LogP contribution in [0.3, 0.4) is 0 Å². The lowest BCUT2D eigenvalue weighted by Crippen LogP contribution is -2.53. The third kappa shape index (κ3) is 2.02. The highest BCUT2D eigenvalue weighted by Crippen LogP contribution is 2.34. The first-order valence-electron chi connectivity index (χ1n) is 6.26. The van der Waals surface area contributed by atoms with Crippen molar-refractivity contribution in [2.24, 2.45) is 5.73 Å². The van der Waals surface area contributed by atoms with Crippen LogP contribution in [-0.4, -0.2) is 29.7 Å². The van der Waals surface area contributed by atoms with E-state index in [2.05, 4.69) is 27.0 Å². The van der Waals surface area contributed by atoms with Gasteiger partial charge in [-0.2, -0.15) is 0 Å². The van der Waals surface area contributed by atoms with Crippen LogP contribution in [0.15, 0.2) is 28.7 Å². The van der Waals surface area contributed by atoms with Crippen molar-refractivity contribution in [3.63, 3.8) is 0 Å². The van der Waals surface area contributed by atoms with E-state index in [1.54, 1.807) is 0 Å². The smallest absolute Gasteiger partial charge is 0.119 e. The van der Waals surface area contributed by atoms with Crippen LogP contribution in [-0.2, 0) is 10.2 Å². The molecule has 0 spiro atoms. The number of hydrogen-bond donors (Lipinski definition) is 2. The Morgan fingerprint density at radius 1 is 1.42 bits per heavy atom. The van der Waals surface area contributed by atoms with Crippen molar-refractivity contribution in [3.8, 4) is 11.3 Å². The molecule has 100 valence electrons. The van der Waals surface area contributed by atoms with Gasteiger partial charge in [0.25, 0.3) is 0 Å². The van der Waals surface area contributed by atoms with Gasteiger partial charge in [0.05, 0.1) is 24.3 Å². The second-order valence-corrected chi connectivity index (χ2v) is 5.87. The van der Waals surface area contributed by atoms with Crippen molar-refractivity contribution in [2.75, 3.05) is 19.8 Å².